The molecule has 1 aromatic carbocycles. The molecule has 0 aliphatic heterocycles. The second kappa shape index (κ2) is 5.21. The number of rotatable bonds is 2. The van der Waals surface area contributed by atoms with Crippen LogP contribution in [0.2, 0.25) is 0 Å². The van der Waals surface area contributed by atoms with Crippen LogP contribution in [0.4, 0.5) is 4.39 Å². The number of benzene rings is 1. The second-order valence-electron chi connectivity index (χ2n) is 2.77. The molecule has 0 aliphatic carbocycles. The molecule has 1 heterocycles. The van der Waals surface area contributed by atoms with Crippen LogP contribution < -0.4 is 0 Å². The number of carbonyl (C=O) groups is 1. The molecule has 0 spiro atoms. The summed E-state index contributed by atoms with van der Waals surface area (Å²) in [5, 5.41) is 1.91. The Bertz CT molecular complexity index is 454. The molecule has 2 rings (SSSR count). The quantitative estimate of drug-likeness (QED) is 0.460. The fourth-order valence-electron chi connectivity index (χ4n) is 1.20. The Morgan fingerprint density at radius 3 is 2.80 bits per heavy atom. The van der Waals surface area contributed by atoms with Gasteiger partial charge in [0.05, 0.1) is 6.29 Å². The summed E-state index contributed by atoms with van der Waals surface area (Å²) >= 11 is 1.51. The molecule has 0 bridgehead atoms. The van der Waals surface area contributed by atoms with Crippen LogP contribution in [0.1, 0.15) is 10.4 Å². The van der Waals surface area contributed by atoms with Gasteiger partial charge in [0, 0.05) is 27.8 Å². The summed E-state index contributed by atoms with van der Waals surface area (Å²) in [6.45, 7) is 0. The predicted octanol–water partition coefficient (Wildman–Crippen LogP) is 3.16. The first-order valence-electron chi connectivity index (χ1n) is 4.01. The van der Waals surface area contributed by atoms with E-state index in [-0.39, 0.29) is 22.6 Å². The average Bonchev–Trinajstić information content (AvgIpc) is 2.69. The number of halogens is 1. The number of thiophene rings is 1. The van der Waals surface area contributed by atoms with E-state index in [1.54, 1.807) is 6.07 Å². The molecule has 1 nitrogen and oxygen atoms in total. The maximum Gasteiger partial charge on any atom is 0.0656 e. The van der Waals surface area contributed by atoms with Crippen molar-refractivity contribution in [2.75, 3.05) is 0 Å². The monoisotopic (exact) mass is 260 g/mol. The van der Waals surface area contributed by atoms with Gasteiger partial charge in [0.2, 0.25) is 0 Å². The molecule has 77 valence electrons. The van der Waals surface area contributed by atoms with E-state index in [0.717, 1.165) is 10.4 Å². The molecule has 0 N–H and O–H groups in total. The Balaban J connectivity index is 0.00000112. The summed E-state index contributed by atoms with van der Waals surface area (Å²) in [5.74, 6) is -0.502. The Morgan fingerprint density at radius 2 is 2.20 bits per heavy atom. The molecule has 0 fully saturated rings. The molecular formula is C11H6FMnOS-. The van der Waals surface area contributed by atoms with Crippen LogP contribution in [-0.2, 0) is 17.1 Å². The fourth-order valence-corrected chi connectivity index (χ4v) is 1.92. The third-order valence-electron chi connectivity index (χ3n) is 1.79. The van der Waals surface area contributed by atoms with E-state index < -0.39 is 5.82 Å². The largest absolute Gasteiger partial charge is 0.355 e. The van der Waals surface area contributed by atoms with Crippen LogP contribution >= 0.6 is 11.3 Å². The first-order chi connectivity index (χ1) is 6.79. The maximum atomic E-state index is 13.0. The molecule has 1 aromatic heterocycles. The third-order valence-corrected chi connectivity index (χ3v) is 2.71. The fraction of sp³-hybridized carbons (Fsp3) is 0. The topological polar surface area (TPSA) is 17.1 Å². The van der Waals surface area contributed by atoms with Crippen LogP contribution in [0, 0.1) is 11.9 Å². The van der Waals surface area contributed by atoms with Gasteiger partial charge in [-0.25, -0.2) is 4.39 Å². The van der Waals surface area contributed by atoms with E-state index in [1.807, 2.05) is 17.5 Å². The van der Waals surface area contributed by atoms with Gasteiger partial charge >= 0.3 is 0 Å². The third kappa shape index (κ3) is 2.75. The zero-order valence-electron chi connectivity index (χ0n) is 7.54. The minimum Gasteiger partial charge on any atom is -0.355 e. The summed E-state index contributed by atoms with van der Waals surface area (Å²) < 4.78 is 13.0. The second-order valence-corrected chi connectivity index (χ2v) is 3.72. The predicted molar refractivity (Wildman–Crippen MR) is 53.9 cm³/mol. The number of hydrogen-bond donors (Lipinski definition) is 0. The van der Waals surface area contributed by atoms with Crippen LogP contribution in [0.15, 0.2) is 29.6 Å². The van der Waals surface area contributed by atoms with Crippen LogP contribution in [0.5, 0.6) is 0 Å². The van der Waals surface area contributed by atoms with E-state index >= 15 is 0 Å². The van der Waals surface area contributed by atoms with Crippen molar-refractivity contribution in [2.24, 2.45) is 0 Å². The van der Waals surface area contributed by atoms with E-state index in [9.17, 15) is 9.18 Å². The molecule has 15 heavy (non-hydrogen) atoms. The van der Waals surface area contributed by atoms with Gasteiger partial charge in [0.15, 0.2) is 0 Å². The van der Waals surface area contributed by atoms with Crippen molar-refractivity contribution >= 4 is 17.6 Å². The molecular weight excluding hydrogens is 254 g/mol. The number of aldehydes is 1. The molecule has 0 saturated heterocycles. The first-order valence-corrected chi connectivity index (χ1v) is 4.89. The van der Waals surface area contributed by atoms with Crippen LogP contribution in [-0.4, -0.2) is 6.29 Å². The van der Waals surface area contributed by atoms with Crippen LogP contribution in [0.25, 0.3) is 10.4 Å². The standard InChI is InChI=1S/C11H6FOS.Mn/c12-10-5-8(7-13)4-9(6-10)11-2-1-3-14-11;/h1-4,6-7H;/q-1;. The van der Waals surface area contributed by atoms with E-state index in [2.05, 4.69) is 6.07 Å². The van der Waals surface area contributed by atoms with Gasteiger partial charge in [-0.15, -0.1) is 29.0 Å². The smallest absolute Gasteiger partial charge is 0.0656 e. The molecule has 0 aliphatic rings. The van der Waals surface area contributed by atoms with Crippen molar-refractivity contribution in [2.45, 2.75) is 0 Å². The summed E-state index contributed by atoms with van der Waals surface area (Å²) in [6, 6.07) is 9.10. The summed E-state index contributed by atoms with van der Waals surface area (Å²) in [4.78, 5) is 11.4. The van der Waals surface area contributed by atoms with Crippen LogP contribution in [0.3, 0.4) is 0 Å². The Morgan fingerprint density at radius 1 is 1.40 bits per heavy atom. The van der Waals surface area contributed by atoms with Gasteiger partial charge in [0.1, 0.15) is 0 Å². The summed E-state index contributed by atoms with van der Waals surface area (Å²) in [5.41, 5.74) is 0.965. The average molecular weight is 260 g/mol. The van der Waals surface area contributed by atoms with Crippen molar-refractivity contribution in [1.82, 2.24) is 0 Å². The molecule has 0 unspecified atom stereocenters. The number of hydrogen-bond acceptors (Lipinski definition) is 2. The van der Waals surface area contributed by atoms with Gasteiger partial charge in [-0.2, -0.15) is 0 Å². The SMILES string of the molecule is O=Cc1[c-]c(F)cc(-c2cccs2)c1.[Mn]. The van der Waals surface area contributed by atoms with Gasteiger partial charge in [-0.05, 0) is 11.4 Å². The first kappa shape index (κ1) is 12.1. The Kier molecular flexibility index (Phi) is 4.21. The van der Waals surface area contributed by atoms with Gasteiger partial charge in [0.25, 0.3) is 0 Å². The molecule has 2 aromatic rings. The zero-order chi connectivity index (χ0) is 9.97. The van der Waals surface area contributed by atoms with E-state index in [4.69, 9.17) is 0 Å². The van der Waals surface area contributed by atoms with Crippen molar-refractivity contribution in [3.8, 4) is 10.4 Å². The minimum absolute atomic E-state index is 0. The molecule has 0 amide bonds. The van der Waals surface area contributed by atoms with Crippen molar-refractivity contribution < 1.29 is 26.3 Å². The maximum absolute atomic E-state index is 13.0. The van der Waals surface area contributed by atoms with Crippen molar-refractivity contribution in [3.05, 3.63) is 47.1 Å². The Labute approximate surface area is 101 Å². The molecule has 0 saturated carbocycles. The van der Waals surface area contributed by atoms with E-state index in [0.29, 0.717) is 6.29 Å². The van der Waals surface area contributed by atoms with Gasteiger partial charge < -0.3 is 4.79 Å². The minimum atomic E-state index is -0.502. The van der Waals surface area contributed by atoms with Crippen molar-refractivity contribution in [3.63, 3.8) is 0 Å². The van der Waals surface area contributed by atoms with E-state index in [1.165, 1.54) is 17.4 Å². The van der Waals surface area contributed by atoms with Gasteiger partial charge in [-0.3, -0.25) is 0 Å². The molecule has 1 radical (unpaired) electrons. The normalized spacial score (nSPS) is 9.40. The zero-order valence-corrected chi connectivity index (χ0v) is 9.53. The summed E-state index contributed by atoms with van der Waals surface area (Å²) in [6.07, 6.45) is 0.597. The Hall–Kier alpha value is -0.961. The van der Waals surface area contributed by atoms with Gasteiger partial charge in [-0.1, -0.05) is 17.7 Å². The molecule has 4 heteroatoms. The number of carbonyl (C=O) groups excluding carboxylic acids is 1. The molecule has 0 atom stereocenters. The summed E-state index contributed by atoms with van der Waals surface area (Å²) in [7, 11) is 0. The van der Waals surface area contributed by atoms with Crippen molar-refractivity contribution in [1.29, 1.82) is 0 Å².